The van der Waals surface area contributed by atoms with Gasteiger partial charge in [-0.2, -0.15) is 0 Å². The minimum Gasteiger partial charge on any atom is -0.494 e. The van der Waals surface area contributed by atoms with Crippen LogP contribution >= 0.6 is 0 Å². The molecular formula is C10H14BFO3. The molecule has 0 bridgehead atoms. The van der Waals surface area contributed by atoms with Crippen LogP contribution in [0.15, 0.2) is 18.2 Å². The number of unbranched alkanes of at least 4 members (excludes halogenated alkanes) is 1. The average Bonchev–Trinajstić information content (AvgIpc) is 2.18. The maximum Gasteiger partial charge on any atom is 0.492 e. The molecule has 0 aliphatic heterocycles. The lowest BCUT2D eigenvalue weighted by Crippen LogP contribution is -2.31. The lowest BCUT2D eigenvalue weighted by molar-refractivity contribution is 0.308. The molecule has 1 aromatic rings. The van der Waals surface area contributed by atoms with E-state index in [2.05, 4.69) is 0 Å². The van der Waals surface area contributed by atoms with Crippen molar-refractivity contribution in [1.29, 1.82) is 0 Å². The Bertz CT molecular complexity index is 318. The highest BCUT2D eigenvalue weighted by molar-refractivity contribution is 6.59. The minimum atomic E-state index is -1.64. The fourth-order valence-electron chi connectivity index (χ4n) is 1.17. The van der Waals surface area contributed by atoms with Gasteiger partial charge >= 0.3 is 7.12 Å². The lowest BCUT2D eigenvalue weighted by atomic mass is 9.79. The minimum absolute atomic E-state index is 0.188. The molecule has 15 heavy (non-hydrogen) atoms. The highest BCUT2D eigenvalue weighted by Gasteiger charge is 2.17. The van der Waals surface area contributed by atoms with E-state index in [1.54, 1.807) is 0 Å². The van der Waals surface area contributed by atoms with Gasteiger partial charge in [0.25, 0.3) is 0 Å². The maximum atomic E-state index is 12.9. The fourth-order valence-corrected chi connectivity index (χ4v) is 1.17. The van der Waals surface area contributed by atoms with Crippen LogP contribution in [0, 0.1) is 5.82 Å². The van der Waals surface area contributed by atoms with Crippen LogP contribution in [0.2, 0.25) is 0 Å². The molecule has 3 nitrogen and oxygen atoms in total. The Hall–Kier alpha value is -1.07. The van der Waals surface area contributed by atoms with E-state index in [1.807, 2.05) is 6.92 Å². The SMILES string of the molecule is CCCCOc1cc(F)ccc1B(O)O. The van der Waals surface area contributed by atoms with Crippen molar-refractivity contribution in [2.24, 2.45) is 0 Å². The first-order valence-electron chi connectivity index (χ1n) is 4.93. The van der Waals surface area contributed by atoms with Gasteiger partial charge in [0.2, 0.25) is 0 Å². The van der Waals surface area contributed by atoms with E-state index in [9.17, 15) is 4.39 Å². The summed E-state index contributed by atoms with van der Waals surface area (Å²) in [5.74, 6) is -0.260. The topological polar surface area (TPSA) is 49.7 Å². The number of benzene rings is 1. The molecule has 0 saturated heterocycles. The molecule has 82 valence electrons. The normalized spacial score (nSPS) is 10.1. The smallest absolute Gasteiger partial charge is 0.492 e. The fraction of sp³-hybridized carbons (Fsp3) is 0.400. The Kier molecular flexibility index (Phi) is 4.58. The van der Waals surface area contributed by atoms with E-state index in [-0.39, 0.29) is 11.2 Å². The van der Waals surface area contributed by atoms with Gasteiger partial charge in [0.05, 0.1) is 6.61 Å². The number of halogens is 1. The molecule has 0 radical (unpaired) electrons. The van der Waals surface area contributed by atoms with Crippen LogP contribution < -0.4 is 10.2 Å². The molecule has 0 saturated carbocycles. The Morgan fingerprint density at radius 2 is 2.13 bits per heavy atom. The van der Waals surface area contributed by atoms with Crippen LogP contribution in [-0.4, -0.2) is 23.8 Å². The third kappa shape index (κ3) is 3.53. The molecule has 0 spiro atoms. The van der Waals surface area contributed by atoms with Gasteiger partial charge in [-0.3, -0.25) is 0 Å². The monoisotopic (exact) mass is 212 g/mol. The standard InChI is InChI=1S/C10H14BFO3/c1-2-3-6-15-10-7-8(12)4-5-9(10)11(13)14/h4-5,7,13-14H,2-3,6H2,1H3. The van der Waals surface area contributed by atoms with Crippen molar-refractivity contribution in [2.45, 2.75) is 19.8 Å². The van der Waals surface area contributed by atoms with E-state index in [0.717, 1.165) is 18.9 Å². The van der Waals surface area contributed by atoms with Crippen molar-refractivity contribution in [3.05, 3.63) is 24.0 Å². The van der Waals surface area contributed by atoms with Gasteiger partial charge in [0, 0.05) is 11.5 Å². The second-order valence-corrected chi connectivity index (χ2v) is 3.26. The van der Waals surface area contributed by atoms with Gasteiger partial charge < -0.3 is 14.8 Å². The van der Waals surface area contributed by atoms with E-state index in [4.69, 9.17) is 14.8 Å². The average molecular weight is 212 g/mol. The number of hydrogen-bond acceptors (Lipinski definition) is 3. The molecule has 5 heteroatoms. The predicted octanol–water partition coefficient (Wildman–Crippen LogP) is 0.684. The highest BCUT2D eigenvalue weighted by atomic mass is 19.1. The lowest BCUT2D eigenvalue weighted by Gasteiger charge is -2.10. The van der Waals surface area contributed by atoms with Crippen LogP contribution in [0.4, 0.5) is 4.39 Å². The zero-order valence-electron chi connectivity index (χ0n) is 8.61. The Balaban J connectivity index is 2.77. The summed E-state index contributed by atoms with van der Waals surface area (Å²) in [6.45, 7) is 2.45. The van der Waals surface area contributed by atoms with Crippen LogP contribution in [0.1, 0.15) is 19.8 Å². The molecule has 0 heterocycles. The molecule has 0 amide bonds. The summed E-state index contributed by atoms with van der Waals surface area (Å²) >= 11 is 0. The first kappa shape index (κ1) is 12.0. The van der Waals surface area contributed by atoms with Gasteiger partial charge in [-0.25, -0.2) is 4.39 Å². The van der Waals surface area contributed by atoms with Crippen molar-refractivity contribution in [2.75, 3.05) is 6.61 Å². The maximum absolute atomic E-state index is 12.9. The summed E-state index contributed by atoms with van der Waals surface area (Å²) in [6.07, 6.45) is 1.81. The number of rotatable bonds is 5. The Labute approximate surface area is 88.7 Å². The molecule has 0 aliphatic rings. The van der Waals surface area contributed by atoms with Crippen LogP contribution in [-0.2, 0) is 0 Å². The largest absolute Gasteiger partial charge is 0.494 e. The van der Waals surface area contributed by atoms with E-state index >= 15 is 0 Å². The molecule has 0 unspecified atom stereocenters. The first-order chi connectivity index (χ1) is 7.15. The summed E-state index contributed by atoms with van der Waals surface area (Å²) in [5.41, 5.74) is 0.188. The number of ether oxygens (including phenoxy) is 1. The summed E-state index contributed by atoms with van der Waals surface area (Å²) in [7, 11) is -1.64. The van der Waals surface area contributed by atoms with Crippen molar-refractivity contribution >= 4 is 12.6 Å². The van der Waals surface area contributed by atoms with E-state index in [1.165, 1.54) is 12.1 Å². The third-order valence-electron chi connectivity index (χ3n) is 2.01. The second kappa shape index (κ2) is 5.73. The second-order valence-electron chi connectivity index (χ2n) is 3.26. The van der Waals surface area contributed by atoms with Crippen molar-refractivity contribution in [1.82, 2.24) is 0 Å². The highest BCUT2D eigenvalue weighted by Crippen LogP contribution is 2.11. The van der Waals surface area contributed by atoms with Crippen LogP contribution in [0.3, 0.4) is 0 Å². The van der Waals surface area contributed by atoms with E-state index in [0.29, 0.717) is 6.61 Å². The quantitative estimate of drug-likeness (QED) is 0.557. The molecule has 0 fully saturated rings. The van der Waals surface area contributed by atoms with Crippen molar-refractivity contribution in [3.8, 4) is 5.75 Å². The molecule has 0 aliphatic carbocycles. The summed E-state index contributed by atoms with van der Waals surface area (Å²) in [4.78, 5) is 0. The number of hydrogen-bond donors (Lipinski definition) is 2. The van der Waals surface area contributed by atoms with Gasteiger partial charge in [-0.05, 0) is 12.5 Å². The molecule has 2 N–H and O–H groups in total. The molecule has 0 atom stereocenters. The zero-order chi connectivity index (χ0) is 11.3. The Morgan fingerprint density at radius 1 is 1.40 bits per heavy atom. The van der Waals surface area contributed by atoms with Gasteiger partial charge in [-0.15, -0.1) is 0 Å². The third-order valence-corrected chi connectivity index (χ3v) is 2.01. The summed E-state index contributed by atoms with van der Waals surface area (Å²) in [6, 6.07) is 3.63. The molecule has 1 aromatic carbocycles. The summed E-state index contributed by atoms with van der Waals surface area (Å²) in [5, 5.41) is 18.0. The van der Waals surface area contributed by atoms with Crippen molar-refractivity contribution < 1.29 is 19.2 Å². The molecular weight excluding hydrogens is 198 g/mol. The molecule has 0 aromatic heterocycles. The first-order valence-corrected chi connectivity index (χ1v) is 4.93. The molecule has 1 rings (SSSR count). The van der Waals surface area contributed by atoms with E-state index < -0.39 is 12.9 Å². The Morgan fingerprint density at radius 3 is 2.73 bits per heavy atom. The van der Waals surface area contributed by atoms with Crippen LogP contribution in [0.5, 0.6) is 5.75 Å². The van der Waals surface area contributed by atoms with Gasteiger partial charge in [-0.1, -0.05) is 19.4 Å². The summed E-state index contributed by atoms with van der Waals surface area (Å²) < 4.78 is 18.1. The van der Waals surface area contributed by atoms with Crippen LogP contribution in [0.25, 0.3) is 0 Å². The van der Waals surface area contributed by atoms with Crippen molar-refractivity contribution in [3.63, 3.8) is 0 Å². The van der Waals surface area contributed by atoms with Gasteiger partial charge in [0.1, 0.15) is 11.6 Å². The predicted molar refractivity (Wildman–Crippen MR) is 56.6 cm³/mol. The van der Waals surface area contributed by atoms with Gasteiger partial charge in [0.15, 0.2) is 0 Å². The zero-order valence-corrected chi connectivity index (χ0v) is 8.61.